The summed E-state index contributed by atoms with van der Waals surface area (Å²) in [6, 6.07) is 1.66. The van der Waals surface area contributed by atoms with Gasteiger partial charge in [0.05, 0.1) is 34.2 Å². The first-order valence-electron chi connectivity index (χ1n) is 5.16. The Hall–Kier alpha value is -0.750. The number of aliphatic hydroxyl groups excluding tert-OH is 1. The van der Waals surface area contributed by atoms with Crippen LogP contribution in [-0.4, -0.2) is 19.6 Å². The maximum Gasteiger partial charge on any atom is 0.168 e. The molecule has 4 nitrogen and oxygen atoms in total. The van der Waals surface area contributed by atoms with Gasteiger partial charge in [0.2, 0.25) is 0 Å². The lowest BCUT2D eigenvalue weighted by molar-refractivity contribution is 0.271. The van der Waals surface area contributed by atoms with Crippen LogP contribution in [0.2, 0.25) is 10.0 Å². The average molecular weight is 304 g/mol. The van der Waals surface area contributed by atoms with E-state index in [0.717, 1.165) is 16.5 Å². The van der Waals surface area contributed by atoms with E-state index in [9.17, 15) is 0 Å². The summed E-state index contributed by atoms with van der Waals surface area (Å²) in [4.78, 5) is 8.40. The summed E-state index contributed by atoms with van der Waals surface area (Å²) in [5.41, 5.74) is 1.49. The number of nitrogens with zero attached hydrogens (tertiary/aromatic N) is 3. The van der Waals surface area contributed by atoms with Crippen LogP contribution in [-0.2, 0) is 19.4 Å². The topological polar surface area (TPSA) is 50.9 Å². The molecule has 0 fully saturated rings. The monoisotopic (exact) mass is 303 g/mol. The van der Waals surface area contributed by atoms with Crippen molar-refractivity contribution in [2.45, 2.75) is 17.5 Å². The van der Waals surface area contributed by atoms with E-state index in [2.05, 4.69) is 9.97 Å². The van der Waals surface area contributed by atoms with Crippen molar-refractivity contribution in [2.24, 2.45) is 7.05 Å². The molecule has 1 N–H and O–H groups in total. The van der Waals surface area contributed by atoms with E-state index in [1.54, 1.807) is 18.5 Å². The maximum absolute atomic E-state index is 9.08. The van der Waals surface area contributed by atoms with Gasteiger partial charge < -0.3 is 9.67 Å². The Morgan fingerprint density at radius 2 is 2.17 bits per heavy atom. The second-order valence-corrected chi connectivity index (χ2v) is 5.32. The van der Waals surface area contributed by atoms with Crippen molar-refractivity contribution in [1.82, 2.24) is 14.5 Å². The molecule has 0 saturated carbocycles. The normalized spacial score (nSPS) is 10.9. The van der Waals surface area contributed by atoms with Crippen molar-refractivity contribution in [2.75, 3.05) is 0 Å². The summed E-state index contributed by atoms with van der Waals surface area (Å²) in [7, 11) is 1.86. The second-order valence-electron chi connectivity index (χ2n) is 3.59. The number of halogens is 2. The van der Waals surface area contributed by atoms with Crippen molar-refractivity contribution in [3.63, 3.8) is 0 Å². The summed E-state index contributed by atoms with van der Waals surface area (Å²) in [5, 5.41) is 10.9. The van der Waals surface area contributed by atoms with Gasteiger partial charge in [0.25, 0.3) is 0 Å². The van der Waals surface area contributed by atoms with Gasteiger partial charge in [0, 0.05) is 19.0 Å². The number of rotatable bonds is 4. The van der Waals surface area contributed by atoms with E-state index in [4.69, 9.17) is 28.3 Å². The molecule has 0 aliphatic carbocycles. The van der Waals surface area contributed by atoms with Crippen molar-refractivity contribution in [3.8, 4) is 0 Å². The smallest absolute Gasteiger partial charge is 0.168 e. The van der Waals surface area contributed by atoms with E-state index < -0.39 is 0 Å². The highest BCUT2D eigenvalue weighted by molar-refractivity contribution is 7.98. The zero-order valence-electron chi connectivity index (χ0n) is 9.60. The molecule has 0 aliphatic heterocycles. The molecule has 7 heteroatoms. The van der Waals surface area contributed by atoms with Crippen LogP contribution >= 0.6 is 35.0 Å². The number of aliphatic hydroxyl groups is 1. The zero-order valence-corrected chi connectivity index (χ0v) is 11.9. The number of pyridine rings is 1. The minimum Gasteiger partial charge on any atom is -0.390 e. The van der Waals surface area contributed by atoms with Gasteiger partial charge in [-0.2, -0.15) is 0 Å². The minimum absolute atomic E-state index is 0.0275. The van der Waals surface area contributed by atoms with E-state index in [1.165, 1.54) is 11.8 Å². The highest BCUT2D eigenvalue weighted by Gasteiger charge is 2.10. The molecule has 2 aromatic rings. The lowest BCUT2D eigenvalue weighted by atomic mass is 10.4. The Morgan fingerprint density at radius 1 is 1.39 bits per heavy atom. The summed E-state index contributed by atoms with van der Waals surface area (Å²) < 4.78 is 1.84. The quantitative estimate of drug-likeness (QED) is 0.882. The molecule has 0 amide bonds. The molecule has 0 spiro atoms. The van der Waals surface area contributed by atoms with E-state index in [-0.39, 0.29) is 6.61 Å². The second kappa shape index (κ2) is 5.93. The lowest BCUT2D eigenvalue weighted by Crippen LogP contribution is -1.98. The third-order valence-corrected chi connectivity index (χ3v) is 4.34. The highest BCUT2D eigenvalue weighted by Crippen LogP contribution is 2.29. The molecule has 0 atom stereocenters. The number of hydrogen-bond acceptors (Lipinski definition) is 4. The highest BCUT2D eigenvalue weighted by atomic mass is 35.5. The van der Waals surface area contributed by atoms with Crippen molar-refractivity contribution in [1.29, 1.82) is 0 Å². The number of aromatic nitrogens is 3. The van der Waals surface area contributed by atoms with Gasteiger partial charge in [-0.05, 0) is 6.07 Å². The molecule has 0 radical (unpaired) electrons. The van der Waals surface area contributed by atoms with E-state index in [0.29, 0.717) is 15.8 Å². The maximum atomic E-state index is 9.08. The minimum atomic E-state index is -0.0275. The Balaban J connectivity index is 2.11. The van der Waals surface area contributed by atoms with Crippen molar-refractivity contribution >= 4 is 35.0 Å². The Bertz CT molecular complexity index is 559. The molecule has 0 saturated heterocycles. The SMILES string of the molecule is Cn1c(CO)cnc1SCc1nccc(Cl)c1Cl. The molecule has 0 bridgehead atoms. The molecule has 0 aliphatic rings. The van der Waals surface area contributed by atoms with Gasteiger partial charge >= 0.3 is 0 Å². The van der Waals surface area contributed by atoms with Gasteiger partial charge in [-0.3, -0.25) is 4.98 Å². The summed E-state index contributed by atoms with van der Waals surface area (Å²) >= 11 is 13.5. The molecule has 0 aromatic carbocycles. The van der Waals surface area contributed by atoms with Gasteiger partial charge in [-0.15, -0.1) is 0 Å². The molecule has 18 heavy (non-hydrogen) atoms. The molecule has 0 unspecified atom stereocenters. The fourth-order valence-corrected chi connectivity index (χ4v) is 2.75. The molecule has 2 heterocycles. The fraction of sp³-hybridized carbons (Fsp3) is 0.273. The largest absolute Gasteiger partial charge is 0.390 e. The van der Waals surface area contributed by atoms with Crippen LogP contribution in [0.4, 0.5) is 0 Å². The average Bonchev–Trinajstić information content (AvgIpc) is 2.72. The molecular weight excluding hydrogens is 293 g/mol. The Labute approximate surface area is 119 Å². The summed E-state index contributed by atoms with van der Waals surface area (Å²) in [6.45, 7) is -0.0275. The molecule has 2 aromatic heterocycles. The van der Waals surface area contributed by atoms with E-state index in [1.807, 2.05) is 11.6 Å². The van der Waals surface area contributed by atoms with Crippen molar-refractivity contribution < 1.29 is 5.11 Å². The first-order valence-corrected chi connectivity index (χ1v) is 6.90. The molecule has 2 rings (SSSR count). The summed E-state index contributed by atoms with van der Waals surface area (Å²) in [5.74, 6) is 0.578. The first kappa shape index (κ1) is 13.7. The Kier molecular flexibility index (Phi) is 4.50. The summed E-state index contributed by atoms with van der Waals surface area (Å²) in [6.07, 6.45) is 3.27. The Morgan fingerprint density at radius 3 is 2.83 bits per heavy atom. The number of hydrogen-bond donors (Lipinski definition) is 1. The van der Waals surface area contributed by atoms with E-state index >= 15 is 0 Å². The zero-order chi connectivity index (χ0) is 13.1. The van der Waals surface area contributed by atoms with Gasteiger partial charge in [0.1, 0.15) is 0 Å². The third kappa shape index (κ3) is 2.80. The fourth-order valence-electron chi connectivity index (χ4n) is 1.40. The predicted molar refractivity (Wildman–Crippen MR) is 72.9 cm³/mol. The lowest BCUT2D eigenvalue weighted by Gasteiger charge is -2.05. The van der Waals surface area contributed by atoms with Crippen LogP contribution in [0, 0.1) is 0 Å². The van der Waals surface area contributed by atoms with Gasteiger partial charge in [0.15, 0.2) is 5.16 Å². The van der Waals surface area contributed by atoms with Crippen LogP contribution in [0.5, 0.6) is 0 Å². The van der Waals surface area contributed by atoms with Crippen LogP contribution in [0.25, 0.3) is 0 Å². The van der Waals surface area contributed by atoms with Gasteiger partial charge in [-0.25, -0.2) is 4.98 Å². The third-order valence-electron chi connectivity index (χ3n) is 2.46. The number of imidazole rings is 1. The van der Waals surface area contributed by atoms with Crippen LogP contribution < -0.4 is 0 Å². The number of thioether (sulfide) groups is 1. The van der Waals surface area contributed by atoms with Crippen LogP contribution in [0.1, 0.15) is 11.4 Å². The first-order chi connectivity index (χ1) is 8.63. The van der Waals surface area contributed by atoms with Gasteiger partial charge in [-0.1, -0.05) is 35.0 Å². The van der Waals surface area contributed by atoms with Crippen LogP contribution in [0.3, 0.4) is 0 Å². The molecule has 96 valence electrons. The molecular formula is C11H11Cl2N3OS. The predicted octanol–water partition coefficient (Wildman–Crippen LogP) is 2.91. The van der Waals surface area contributed by atoms with Crippen LogP contribution in [0.15, 0.2) is 23.6 Å². The van der Waals surface area contributed by atoms with Crippen molar-refractivity contribution in [3.05, 3.63) is 39.9 Å². The standard InChI is InChI=1S/C11H11Cl2N3OS/c1-16-7(5-17)4-15-11(16)18-6-9-10(13)8(12)2-3-14-9/h2-4,17H,5-6H2,1H3.